The van der Waals surface area contributed by atoms with Gasteiger partial charge in [0, 0.05) is 5.54 Å². The number of oxime groups is 1. The number of amides is 1. The fraction of sp³-hybridized carbons (Fsp3) is 0.867. The summed E-state index contributed by atoms with van der Waals surface area (Å²) in [4.78, 5) is 12.8. The summed E-state index contributed by atoms with van der Waals surface area (Å²) in [5.41, 5.74) is 4.94. The third kappa shape index (κ3) is 2.91. The zero-order valence-electron chi connectivity index (χ0n) is 12.5. The van der Waals surface area contributed by atoms with Crippen molar-refractivity contribution in [3.63, 3.8) is 0 Å². The van der Waals surface area contributed by atoms with Crippen LogP contribution < -0.4 is 11.1 Å². The lowest BCUT2D eigenvalue weighted by Crippen LogP contribution is -2.57. The van der Waals surface area contributed by atoms with Gasteiger partial charge in [-0.15, -0.1) is 0 Å². The smallest absolute Gasteiger partial charge is 0.234 e. The van der Waals surface area contributed by atoms with Gasteiger partial charge >= 0.3 is 0 Å². The second kappa shape index (κ2) is 6.02. The van der Waals surface area contributed by atoms with Crippen molar-refractivity contribution in [3.05, 3.63) is 0 Å². The molecule has 0 aromatic heterocycles. The standard InChI is InChI=1S/C15H27N3O2/c1-14(8-4-2-5-9-14)17-13(19)15(12(16)18-20)10-6-3-7-11-15/h20H,2-11H2,1H3,(H2,16,18)(H,17,19). The molecule has 4 N–H and O–H groups in total. The van der Waals surface area contributed by atoms with Gasteiger partial charge in [0.25, 0.3) is 0 Å². The first-order chi connectivity index (χ1) is 9.52. The molecule has 0 aromatic rings. The lowest BCUT2D eigenvalue weighted by Gasteiger charge is -2.40. The van der Waals surface area contributed by atoms with Crippen LogP contribution >= 0.6 is 0 Å². The number of hydrogen-bond donors (Lipinski definition) is 3. The Labute approximate surface area is 121 Å². The number of nitrogens with zero attached hydrogens (tertiary/aromatic N) is 1. The van der Waals surface area contributed by atoms with Crippen LogP contribution in [0.25, 0.3) is 0 Å². The maximum Gasteiger partial charge on any atom is 0.234 e. The highest BCUT2D eigenvalue weighted by molar-refractivity contribution is 6.07. The summed E-state index contributed by atoms with van der Waals surface area (Å²) < 4.78 is 0. The quantitative estimate of drug-likeness (QED) is 0.321. The Hall–Kier alpha value is -1.26. The monoisotopic (exact) mass is 281 g/mol. The molecule has 0 radical (unpaired) electrons. The van der Waals surface area contributed by atoms with E-state index >= 15 is 0 Å². The topological polar surface area (TPSA) is 87.7 Å². The molecule has 5 heteroatoms. The maximum atomic E-state index is 12.8. The molecule has 2 saturated carbocycles. The SMILES string of the molecule is CC1(NC(=O)C2(C(N)=NO)CCCCC2)CCCCC1. The van der Waals surface area contributed by atoms with E-state index in [9.17, 15) is 4.79 Å². The minimum atomic E-state index is -0.798. The number of carbonyl (C=O) groups is 1. The third-order valence-corrected chi connectivity index (χ3v) is 5.11. The van der Waals surface area contributed by atoms with Crippen molar-refractivity contribution in [2.75, 3.05) is 0 Å². The zero-order valence-corrected chi connectivity index (χ0v) is 12.5. The van der Waals surface area contributed by atoms with E-state index in [1.165, 1.54) is 6.42 Å². The molecule has 2 aliphatic carbocycles. The molecule has 2 rings (SSSR count). The van der Waals surface area contributed by atoms with Crippen molar-refractivity contribution in [3.8, 4) is 0 Å². The Kier molecular flexibility index (Phi) is 4.55. The van der Waals surface area contributed by atoms with E-state index in [4.69, 9.17) is 10.9 Å². The van der Waals surface area contributed by atoms with Crippen LogP contribution in [0.2, 0.25) is 0 Å². The fourth-order valence-electron chi connectivity index (χ4n) is 3.70. The van der Waals surface area contributed by atoms with E-state index < -0.39 is 5.41 Å². The van der Waals surface area contributed by atoms with Gasteiger partial charge in [-0.05, 0) is 32.6 Å². The summed E-state index contributed by atoms with van der Waals surface area (Å²) >= 11 is 0. The van der Waals surface area contributed by atoms with Gasteiger partial charge in [0.1, 0.15) is 5.41 Å². The van der Waals surface area contributed by atoms with Crippen LogP contribution in [0.1, 0.15) is 71.1 Å². The minimum Gasteiger partial charge on any atom is -0.409 e. The first-order valence-corrected chi connectivity index (χ1v) is 7.83. The Bertz CT molecular complexity index is 381. The summed E-state index contributed by atoms with van der Waals surface area (Å²) in [5.74, 6) is 0.0333. The molecule has 0 bridgehead atoms. The van der Waals surface area contributed by atoms with Crippen LogP contribution in [0.5, 0.6) is 0 Å². The van der Waals surface area contributed by atoms with Gasteiger partial charge in [-0.2, -0.15) is 0 Å². The highest BCUT2D eigenvalue weighted by Gasteiger charge is 2.46. The van der Waals surface area contributed by atoms with Gasteiger partial charge in [0.15, 0.2) is 5.84 Å². The molecule has 1 amide bonds. The first-order valence-electron chi connectivity index (χ1n) is 7.83. The van der Waals surface area contributed by atoms with Crippen LogP contribution in [0.4, 0.5) is 0 Å². The molecular weight excluding hydrogens is 254 g/mol. The summed E-state index contributed by atoms with van der Waals surface area (Å²) in [7, 11) is 0. The summed E-state index contributed by atoms with van der Waals surface area (Å²) in [5, 5.41) is 15.4. The van der Waals surface area contributed by atoms with Crippen molar-refractivity contribution in [1.82, 2.24) is 5.32 Å². The van der Waals surface area contributed by atoms with E-state index in [0.29, 0.717) is 12.8 Å². The molecule has 20 heavy (non-hydrogen) atoms. The van der Waals surface area contributed by atoms with Crippen LogP contribution in [0.15, 0.2) is 5.16 Å². The first kappa shape index (κ1) is 15.1. The molecule has 0 aromatic carbocycles. The van der Waals surface area contributed by atoms with E-state index in [0.717, 1.165) is 44.9 Å². The summed E-state index contributed by atoms with van der Waals surface area (Å²) in [6.07, 6.45) is 10.0. The van der Waals surface area contributed by atoms with Crippen molar-refractivity contribution in [1.29, 1.82) is 0 Å². The number of hydrogen-bond acceptors (Lipinski definition) is 3. The average Bonchev–Trinajstić information content (AvgIpc) is 2.47. The molecule has 2 fully saturated rings. The van der Waals surface area contributed by atoms with Crippen LogP contribution in [0.3, 0.4) is 0 Å². The lowest BCUT2D eigenvalue weighted by atomic mass is 9.71. The van der Waals surface area contributed by atoms with E-state index in [1.807, 2.05) is 0 Å². The van der Waals surface area contributed by atoms with Gasteiger partial charge in [-0.3, -0.25) is 4.79 Å². The second-order valence-electron chi connectivity index (χ2n) is 6.70. The Morgan fingerprint density at radius 2 is 1.55 bits per heavy atom. The normalized spacial score (nSPS) is 25.9. The molecule has 114 valence electrons. The third-order valence-electron chi connectivity index (χ3n) is 5.11. The van der Waals surface area contributed by atoms with E-state index in [2.05, 4.69) is 17.4 Å². The van der Waals surface area contributed by atoms with E-state index in [-0.39, 0.29) is 17.3 Å². The average molecular weight is 281 g/mol. The molecule has 0 unspecified atom stereocenters. The van der Waals surface area contributed by atoms with Crippen LogP contribution in [0, 0.1) is 5.41 Å². The van der Waals surface area contributed by atoms with Gasteiger partial charge in [-0.1, -0.05) is 43.7 Å². The Morgan fingerprint density at radius 3 is 2.05 bits per heavy atom. The van der Waals surface area contributed by atoms with Crippen molar-refractivity contribution < 1.29 is 10.0 Å². The molecule has 2 aliphatic rings. The van der Waals surface area contributed by atoms with Gasteiger partial charge in [0.2, 0.25) is 5.91 Å². The fourth-order valence-corrected chi connectivity index (χ4v) is 3.70. The van der Waals surface area contributed by atoms with Crippen molar-refractivity contribution in [2.24, 2.45) is 16.3 Å². The highest BCUT2D eigenvalue weighted by Crippen LogP contribution is 2.38. The summed E-state index contributed by atoms with van der Waals surface area (Å²) in [6, 6.07) is 0. The van der Waals surface area contributed by atoms with E-state index in [1.54, 1.807) is 0 Å². The Balaban J connectivity index is 2.14. The molecule has 0 saturated heterocycles. The summed E-state index contributed by atoms with van der Waals surface area (Å²) in [6.45, 7) is 2.12. The maximum absolute atomic E-state index is 12.8. The largest absolute Gasteiger partial charge is 0.409 e. The number of nitrogens with one attached hydrogen (secondary N) is 1. The minimum absolute atomic E-state index is 0.0445. The van der Waals surface area contributed by atoms with Gasteiger partial charge in [-0.25, -0.2) is 0 Å². The Morgan fingerprint density at radius 1 is 1.05 bits per heavy atom. The molecule has 0 spiro atoms. The predicted octanol–water partition coefficient (Wildman–Crippen LogP) is 2.52. The molecule has 0 heterocycles. The molecule has 0 aliphatic heterocycles. The van der Waals surface area contributed by atoms with Gasteiger partial charge in [0.05, 0.1) is 0 Å². The lowest BCUT2D eigenvalue weighted by molar-refractivity contribution is -0.131. The number of carbonyl (C=O) groups excluding carboxylic acids is 1. The predicted molar refractivity (Wildman–Crippen MR) is 78.6 cm³/mol. The number of nitrogens with two attached hydrogens (primary N) is 1. The number of amidine groups is 1. The second-order valence-corrected chi connectivity index (χ2v) is 6.70. The molecular formula is C15H27N3O2. The van der Waals surface area contributed by atoms with Crippen molar-refractivity contribution >= 4 is 11.7 Å². The van der Waals surface area contributed by atoms with Crippen LogP contribution in [-0.2, 0) is 4.79 Å². The van der Waals surface area contributed by atoms with Crippen molar-refractivity contribution in [2.45, 2.75) is 76.7 Å². The zero-order chi connectivity index (χ0) is 14.6. The molecule has 5 nitrogen and oxygen atoms in total. The highest BCUT2D eigenvalue weighted by atomic mass is 16.4. The van der Waals surface area contributed by atoms with Gasteiger partial charge < -0.3 is 16.3 Å². The van der Waals surface area contributed by atoms with Crippen LogP contribution in [-0.4, -0.2) is 22.5 Å². The molecule has 0 atom stereocenters. The number of rotatable bonds is 3.